The van der Waals surface area contributed by atoms with Crippen LogP contribution in [0.1, 0.15) is 26.7 Å². The van der Waals surface area contributed by atoms with Gasteiger partial charge in [-0.05, 0) is 20.3 Å². The van der Waals surface area contributed by atoms with Crippen LogP contribution in [0, 0.1) is 0 Å². The van der Waals surface area contributed by atoms with Gasteiger partial charge in [-0.1, -0.05) is 11.1 Å². The fourth-order valence-corrected chi connectivity index (χ4v) is 3.28. The molecule has 1 aliphatic heterocycles. The van der Waals surface area contributed by atoms with Crippen LogP contribution in [0.25, 0.3) is 0 Å². The van der Waals surface area contributed by atoms with E-state index in [0.29, 0.717) is 6.42 Å². The van der Waals surface area contributed by atoms with E-state index < -0.39 is 34.3 Å². The van der Waals surface area contributed by atoms with Crippen LogP contribution in [-0.4, -0.2) is 43.7 Å². The Morgan fingerprint density at radius 2 is 1.65 bits per heavy atom. The van der Waals surface area contributed by atoms with Gasteiger partial charge in [0.1, 0.15) is 0 Å². The zero-order chi connectivity index (χ0) is 15.8. The summed E-state index contributed by atoms with van der Waals surface area (Å²) in [4.78, 5) is 0. The van der Waals surface area contributed by atoms with Crippen LogP contribution in [0.5, 0.6) is 0 Å². The summed E-state index contributed by atoms with van der Waals surface area (Å²) in [6.07, 6.45) is -7.02. The number of sulfonamides is 1. The first kappa shape index (κ1) is 17.4. The third-order valence-electron chi connectivity index (χ3n) is 3.36. The van der Waals surface area contributed by atoms with Crippen LogP contribution in [0.2, 0.25) is 0 Å². The van der Waals surface area contributed by atoms with Crippen molar-refractivity contribution in [3.63, 3.8) is 0 Å². The summed E-state index contributed by atoms with van der Waals surface area (Å²) in [6.45, 7) is 3.70. The van der Waals surface area contributed by atoms with Gasteiger partial charge in [-0.2, -0.15) is 26.3 Å². The number of hydrogen-bond acceptors (Lipinski definition) is 2. The van der Waals surface area contributed by atoms with Crippen molar-refractivity contribution in [1.82, 2.24) is 4.31 Å². The molecule has 0 saturated carbocycles. The van der Waals surface area contributed by atoms with Crippen LogP contribution in [0.15, 0.2) is 11.1 Å². The Kier molecular flexibility index (Phi) is 4.85. The van der Waals surface area contributed by atoms with Crippen LogP contribution in [0.3, 0.4) is 0 Å². The number of hydrogen-bond donors (Lipinski definition) is 0. The number of halogens is 5. The molecule has 0 aromatic heterocycles. The highest BCUT2D eigenvalue weighted by molar-refractivity contribution is 7.89. The molecule has 1 rings (SSSR count). The van der Waals surface area contributed by atoms with Crippen LogP contribution < -0.4 is 0 Å². The summed E-state index contributed by atoms with van der Waals surface area (Å²) in [7, 11) is -4.11. The first-order valence-electron chi connectivity index (χ1n) is 5.94. The van der Waals surface area contributed by atoms with Crippen LogP contribution >= 0.6 is 0 Å². The van der Waals surface area contributed by atoms with Gasteiger partial charge in [-0.15, -0.1) is 0 Å². The van der Waals surface area contributed by atoms with Gasteiger partial charge in [0.05, 0.1) is 5.75 Å². The second-order valence-corrected chi connectivity index (χ2v) is 7.00. The van der Waals surface area contributed by atoms with Crippen LogP contribution in [-0.2, 0) is 10.0 Å². The molecule has 1 aliphatic rings. The lowest BCUT2D eigenvalue weighted by Gasteiger charge is -2.28. The maximum Gasteiger partial charge on any atom is 0.453 e. The van der Waals surface area contributed by atoms with E-state index in [2.05, 4.69) is 0 Å². The Bertz CT molecular complexity index is 495. The third-order valence-corrected chi connectivity index (χ3v) is 5.18. The number of nitrogens with zero attached hydrogens (tertiary/aromatic N) is 1. The van der Waals surface area contributed by atoms with Gasteiger partial charge in [0, 0.05) is 19.5 Å². The van der Waals surface area contributed by atoms with Gasteiger partial charge in [0.2, 0.25) is 10.0 Å². The molecular weight excluding hydrogens is 305 g/mol. The van der Waals surface area contributed by atoms with Crippen molar-refractivity contribution >= 4 is 10.0 Å². The quantitative estimate of drug-likeness (QED) is 0.590. The zero-order valence-electron chi connectivity index (χ0n) is 11.1. The van der Waals surface area contributed by atoms with E-state index in [1.54, 1.807) is 6.92 Å². The molecule has 118 valence electrons. The van der Waals surface area contributed by atoms with Crippen molar-refractivity contribution < 1.29 is 30.4 Å². The normalized spacial score (nSPS) is 19.6. The Morgan fingerprint density at radius 1 is 1.10 bits per heavy atom. The summed E-state index contributed by atoms with van der Waals surface area (Å²) in [6, 6.07) is 0. The van der Waals surface area contributed by atoms with Gasteiger partial charge in [0.15, 0.2) is 0 Å². The highest BCUT2D eigenvalue weighted by atomic mass is 32.2. The van der Waals surface area contributed by atoms with E-state index >= 15 is 0 Å². The van der Waals surface area contributed by atoms with E-state index in [9.17, 15) is 30.4 Å². The zero-order valence-corrected chi connectivity index (χ0v) is 11.9. The minimum Gasteiger partial charge on any atom is -0.212 e. The van der Waals surface area contributed by atoms with E-state index in [1.807, 2.05) is 6.92 Å². The number of alkyl halides is 5. The Balaban J connectivity index is 2.73. The second-order valence-electron chi connectivity index (χ2n) is 4.91. The molecule has 0 aliphatic carbocycles. The highest BCUT2D eigenvalue weighted by Crippen LogP contribution is 2.38. The average Bonchev–Trinajstić information content (AvgIpc) is 2.29. The van der Waals surface area contributed by atoms with E-state index in [0.717, 1.165) is 15.5 Å². The summed E-state index contributed by atoms with van der Waals surface area (Å²) < 4.78 is 86.1. The lowest BCUT2D eigenvalue weighted by Crippen LogP contribution is -2.42. The molecule has 0 amide bonds. The summed E-state index contributed by atoms with van der Waals surface area (Å²) in [5, 5.41) is 0. The van der Waals surface area contributed by atoms with Crippen molar-refractivity contribution in [2.75, 3.05) is 18.8 Å². The minimum atomic E-state index is -5.73. The fraction of sp³-hybridized carbons (Fsp3) is 0.818. The fourth-order valence-electron chi connectivity index (χ4n) is 1.75. The molecular formula is C11H16F5NO2S. The average molecular weight is 321 g/mol. The van der Waals surface area contributed by atoms with Crippen molar-refractivity contribution in [1.29, 1.82) is 0 Å². The molecule has 0 bridgehead atoms. The Hall–Kier alpha value is -0.700. The lowest BCUT2D eigenvalue weighted by molar-refractivity contribution is -0.282. The second kappa shape index (κ2) is 5.59. The summed E-state index contributed by atoms with van der Waals surface area (Å²) in [5.41, 5.74) is 1.81. The minimum absolute atomic E-state index is 0.0474. The summed E-state index contributed by atoms with van der Waals surface area (Å²) in [5.74, 6) is -6.21. The first-order chi connectivity index (χ1) is 8.87. The summed E-state index contributed by atoms with van der Waals surface area (Å²) >= 11 is 0. The Labute approximate surface area is 114 Å². The maximum absolute atomic E-state index is 12.7. The standard InChI is InChI=1S/C11H16F5NO2S/c1-8-3-5-17(7-9(8)2)20(18,19)6-4-10(12,13)11(14,15)16/h3-7H2,1-2H3. The SMILES string of the molecule is CC1=C(C)CN(S(=O)(=O)CCC(F)(F)C(F)(F)F)CC1. The third kappa shape index (κ3) is 3.91. The van der Waals surface area contributed by atoms with E-state index in [-0.39, 0.29) is 13.1 Å². The molecule has 0 radical (unpaired) electrons. The molecule has 0 spiro atoms. The van der Waals surface area contributed by atoms with E-state index in [1.165, 1.54) is 0 Å². The van der Waals surface area contributed by atoms with E-state index in [4.69, 9.17) is 0 Å². The molecule has 1 heterocycles. The molecule has 0 fully saturated rings. The molecule has 0 N–H and O–H groups in total. The first-order valence-corrected chi connectivity index (χ1v) is 7.55. The molecule has 9 heteroatoms. The monoisotopic (exact) mass is 321 g/mol. The molecule has 0 saturated heterocycles. The van der Waals surface area contributed by atoms with Gasteiger partial charge in [-0.3, -0.25) is 0 Å². The highest BCUT2D eigenvalue weighted by Gasteiger charge is 2.57. The van der Waals surface area contributed by atoms with Crippen molar-refractivity contribution in [2.24, 2.45) is 0 Å². The van der Waals surface area contributed by atoms with Crippen molar-refractivity contribution in [3.05, 3.63) is 11.1 Å². The largest absolute Gasteiger partial charge is 0.453 e. The topological polar surface area (TPSA) is 37.4 Å². The predicted molar refractivity (Wildman–Crippen MR) is 64.0 cm³/mol. The molecule has 0 aromatic carbocycles. The predicted octanol–water partition coefficient (Wildman–Crippen LogP) is 2.95. The van der Waals surface area contributed by atoms with Crippen molar-refractivity contribution in [2.45, 2.75) is 38.8 Å². The molecule has 0 unspecified atom stereocenters. The smallest absolute Gasteiger partial charge is 0.212 e. The van der Waals surface area contributed by atoms with Gasteiger partial charge < -0.3 is 0 Å². The number of rotatable bonds is 4. The molecule has 0 aromatic rings. The molecule has 0 atom stereocenters. The maximum atomic E-state index is 12.7. The van der Waals surface area contributed by atoms with Crippen molar-refractivity contribution in [3.8, 4) is 0 Å². The molecule has 3 nitrogen and oxygen atoms in total. The Morgan fingerprint density at radius 3 is 2.10 bits per heavy atom. The molecule has 20 heavy (non-hydrogen) atoms. The van der Waals surface area contributed by atoms with Gasteiger partial charge >= 0.3 is 12.1 Å². The van der Waals surface area contributed by atoms with Gasteiger partial charge in [0.25, 0.3) is 0 Å². The lowest BCUT2D eigenvalue weighted by atomic mass is 10.1. The van der Waals surface area contributed by atoms with Crippen LogP contribution in [0.4, 0.5) is 22.0 Å². The van der Waals surface area contributed by atoms with Gasteiger partial charge in [-0.25, -0.2) is 8.42 Å².